The van der Waals surface area contributed by atoms with Crippen LogP contribution in [0.25, 0.3) is 0 Å². The Morgan fingerprint density at radius 2 is 2.11 bits per heavy atom. The summed E-state index contributed by atoms with van der Waals surface area (Å²) in [6.45, 7) is 0. The average molecular weight is 155 g/mol. The Hall–Kier alpha value is 0.0749. The van der Waals surface area contributed by atoms with E-state index in [0.717, 1.165) is 10.7 Å². The van der Waals surface area contributed by atoms with Gasteiger partial charge in [-0.2, -0.15) is 0 Å². The minimum Gasteiger partial charge on any atom is -0.257 e. The van der Waals surface area contributed by atoms with E-state index >= 15 is 0 Å². The van der Waals surface area contributed by atoms with Crippen molar-refractivity contribution in [2.75, 3.05) is 0 Å². The molecule has 0 saturated carbocycles. The van der Waals surface area contributed by atoms with Crippen molar-refractivity contribution in [2.24, 2.45) is 0 Å². The van der Waals surface area contributed by atoms with Gasteiger partial charge in [-0.1, -0.05) is 20.8 Å². The maximum absolute atomic E-state index is 4.12. The van der Waals surface area contributed by atoms with Crippen LogP contribution < -0.4 is 16.2 Å². The smallest absolute Gasteiger partial charge is 0.142 e. The van der Waals surface area contributed by atoms with Gasteiger partial charge in [0.05, 0.1) is 5.44 Å². The first-order valence-electron chi connectivity index (χ1n) is 2.68. The van der Waals surface area contributed by atoms with Crippen LogP contribution in [0.1, 0.15) is 0 Å². The molecule has 46 valence electrons. The molecule has 1 rings (SSSR count). The maximum atomic E-state index is 4.12. The number of hydrogen-bond donors (Lipinski definition) is 0. The van der Waals surface area contributed by atoms with E-state index in [2.05, 4.69) is 29.5 Å². The molecule has 9 heavy (non-hydrogen) atoms. The zero-order chi connectivity index (χ0) is 6.85. The molecule has 0 aliphatic carbocycles. The second-order valence-corrected chi connectivity index (χ2v) is 3.18. The van der Waals surface area contributed by atoms with Gasteiger partial charge in [-0.25, -0.2) is 0 Å². The lowest BCUT2D eigenvalue weighted by molar-refractivity contribution is 1.44. The van der Waals surface area contributed by atoms with Crippen molar-refractivity contribution in [2.45, 2.75) is 0 Å². The first-order chi connectivity index (χ1) is 4.20. The standard InChI is InChI=1S/C5H8BNP2/c6-4-1-3(8)2-7-5(4)9/h1-2H,6,8-9H2. The Morgan fingerprint density at radius 1 is 1.44 bits per heavy atom. The van der Waals surface area contributed by atoms with Gasteiger partial charge in [-0.3, -0.25) is 4.98 Å². The largest absolute Gasteiger partial charge is 0.257 e. The van der Waals surface area contributed by atoms with E-state index in [1.165, 1.54) is 5.46 Å². The molecule has 0 spiro atoms. The quantitative estimate of drug-likeness (QED) is 0.322. The fourth-order valence-corrected chi connectivity index (χ4v) is 1.09. The SMILES string of the molecule is Bc1cc(P)cnc1P. The summed E-state index contributed by atoms with van der Waals surface area (Å²) in [5.74, 6) is 0. The van der Waals surface area contributed by atoms with E-state index in [0.29, 0.717) is 0 Å². The van der Waals surface area contributed by atoms with Gasteiger partial charge in [0, 0.05) is 6.20 Å². The fraction of sp³-hybridized carbons (Fsp3) is 0. The third-order valence-electron chi connectivity index (χ3n) is 1.14. The van der Waals surface area contributed by atoms with Crippen LogP contribution in [0.5, 0.6) is 0 Å². The Bertz CT molecular complexity index is 226. The van der Waals surface area contributed by atoms with Crippen LogP contribution in [0.2, 0.25) is 0 Å². The zero-order valence-corrected chi connectivity index (χ0v) is 7.57. The van der Waals surface area contributed by atoms with Gasteiger partial charge in [0.15, 0.2) is 0 Å². The molecule has 0 amide bonds. The molecular weight excluding hydrogens is 147 g/mol. The van der Waals surface area contributed by atoms with E-state index in [-0.39, 0.29) is 0 Å². The number of rotatable bonds is 0. The monoisotopic (exact) mass is 155 g/mol. The zero-order valence-electron chi connectivity index (χ0n) is 5.26. The van der Waals surface area contributed by atoms with E-state index in [1.807, 2.05) is 14.0 Å². The molecule has 0 bridgehead atoms. The van der Waals surface area contributed by atoms with Gasteiger partial charge >= 0.3 is 0 Å². The number of nitrogens with zero attached hydrogens (tertiary/aromatic N) is 1. The summed E-state index contributed by atoms with van der Waals surface area (Å²) < 4.78 is 0. The van der Waals surface area contributed by atoms with Gasteiger partial charge in [-0.15, -0.1) is 9.24 Å². The molecule has 4 heteroatoms. The number of pyridine rings is 1. The minimum absolute atomic E-state index is 1.03. The molecule has 0 aromatic carbocycles. The molecule has 0 radical (unpaired) electrons. The highest BCUT2D eigenvalue weighted by Gasteiger charge is 1.90. The van der Waals surface area contributed by atoms with Gasteiger partial charge < -0.3 is 0 Å². The lowest BCUT2D eigenvalue weighted by Gasteiger charge is -1.97. The first kappa shape index (κ1) is 7.19. The van der Waals surface area contributed by atoms with Crippen LogP contribution in [0.15, 0.2) is 12.3 Å². The second kappa shape index (κ2) is 2.77. The molecule has 0 aliphatic rings. The van der Waals surface area contributed by atoms with Gasteiger partial charge in [0.2, 0.25) is 0 Å². The predicted molar refractivity (Wildman–Crippen MR) is 51.1 cm³/mol. The van der Waals surface area contributed by atoms with Crippen molar-refractivity contribution in [1.29, 1.82) is 0 Å². The Balaban J connectivity index is 3.17. The van der Waals surface area contributed by atoms with E-state index < -0.39 is 0 Å². The molecule has 0 aliphatic heterocycles. The Labute approximate surface area is 60.5 Å². The lowest BCUT2D eigenvalue weighted by atomic mass is 9.99. The van der Waals surface area contributed by atoms with Crippen LogP contribution >= 0.6 is 18.5 Å². The van der Waals surface area contributed by atoms with Crippen LogP contribution in [-0.4, -0.2) is 12.8 Å². The van der Waals surface area contributed by atoms with Crippen molar-refractivity contribution in [3.05, 3.63) is 12.3 Å². The van der Waals surface area contributed by atoms with Crippen molar-refractivity contribution in [3.63, 3.8) is 0 Å². The van der Waals surface area contributed by atoms with Crippen molar-refractivity contribution in [1.82, 2.24) is 4.98 Å². The predicted octanol–water partition coefficient (Wildman–Crippen LogP) is -1.66. The van der Waals surface area contributed by atoms with Crippen LogP contribution in [0, 0.1) is 0 Å². The molecule has 1 aromatic heterocycles. The molecule has 1 heterocycles. The summed E-state index contributed by atoms with van der Waals surface area (Å²) in [5.41, 5.74) is 2.24. The lowest BCUT2D eigenvalue weighted by Crippen LogP contribution is -2.24. The van der Waals surface area contributed by atoms with E-state index in [9.17, 15) is 0 Å². The van der Waals surface area contributed by atoms with E-state index in [4.69, 9.17) is 0 Å². The highest BCUT2D eigenvalue weighted by molar-refractivity contribution is 7.28. The molecule has 2 unspecified atom stereocenters. The summed E-state index contributed by atoms with van der Waals surface area (Å²) in [7, 11) is 7.25. The summed E-state index contributed by atoms with van der Waals surface area (Å²) in [6.07, 6.45) is 1.83. The molecule has 0 saturated heterocycles. The van der Waals surface area contributed by atoms with Crippen LogP contribution in [0.4, 0.5) is 0 Å². The van der Waals surface area contributed by atoms with Crippen molar-refractivity contribution >= 4 is 42.5 Å². The van der Waals surface area contributed by atoms with Gasteiger partial charge in [0.1, 0.15) is 7.85 Å². The van der Waals surface area contributed by atoms with Crippen molar-refractivity contribution < 1.29 is 0 Å². The molecule has 0 N–H and O–H groups in total. The average Bonchev–Trinajstić information content (AvgIpc) is 1.80. The first-order valence-corrected chi connectivity index (χ1v) is 3.83. The third-order valence-corrected chi connectivity index (χ3v) is 2.06. The number of hydrogen-bond acceptors (Lipinski definition) is 1. The second-order valence-electron chi connectivity index (χ2n) is 1.97. The minimum atomic E-state index is 1.03. The van der Waals surface area contributed by atoms with Crippen LogP contribution in [-0.2, 0) is 0 Å². The van der Waals surface area contributed by atoms with Crippen LogP contribution in [0.3, 0.4) is 0 Å². The highest BCUT2D eigenvalue weighted by Crippen LogP contribution is 1.83. The topological polar surface area (TPSA) is 12.9 Å². The molecule has 1 nitrogen and oxygen atoms in total. The van der Waals surface area contributed by atoms with Gasteiger partial charge in [-0.05, 0) is 5.30 Å². The highest BCUT2D eigenvalue weighted by atomic mass is 31.0. The molecule has 1 aromatic rings. The Kier molecular flexibility index (Phi) is 2.21. The molecule has 2 atom stereocenters. The molecule has 0 fully saturated rings. The van der Waals surface area contributed by atoms with Crippen molar-refractivity contribution in [3.8, 4) is 0 Å². The third kappa shape index (κ3) is 1.74. The van der Waals surface area contributed by atoms with Gasteiger partial charge in [0.25, 0.3) is 0 Å². The normalized spacial score (nSPS) is 9.56. The van der Waals surface area contributed by atoms with E-state index in [1.54, 1.807) is 0 Å². The molecular formula is C5H8BNP2. The maximum Gasteiger partial charge on any atom is 0.142 e. The number of aromatic nitrogens is 1. The summed E-state index contributed by atoms with van der Waals surface area (Å²) >= 11 is 0. The Morgan fingerprint density at radius 3 is 2.56 bits per heavy atom. The summed E-state index contributed by atoms with van der Waals surface area (Å²) in [4.78, 5) is 4.12. The summed E-state index contributed by atoms with van der Waals surface area (Å²) in [5, 5.41) is 1.14. The fourth-order valence-electron chi connectivity index (χ4n) is 0.607. The summed E-state index contributed by atoms with van der Waals surface area (Å²) in [6, 6.07) is 2.08.